The number of amides is 1. The lowest BCUT2D eigenvalue weighted by atomic mass is 10.1. The molecule has 168 valence electrons. The van der Waals surface area contributed by atoms with Gasteiger partial charge in [-0.25, -0.2) is 4.98 Å². The van der Waals surface area contributed by atoms with Crippen LogP contribution in [-0.2, 0) is 4.79 Å². The van der Waals surface area contributed by atoms with Crippen LogP contribution in [0.5, 0.6) is 0 Å². The van der Waals surface area contributed by atoms with Gasteiger partial charge in [-0.1, -0.05) is 29.8 Å². The predicted molar refractivity (Wildman–Crippen MR) is 134 cm³/mol. The number of nitrogens with zero attached hydrogens (tertiary/aromatic N) is 2. The van der Waals surface area contributed by atoms with Crippen LogP contribution < -0.4 is 5.32 Å². The number of carbonyl (C=O) groups excluding carboxylic acids is 1. The molecule has 0 fully saturated rings. The fourth-order valence-corrected chi connectivity index (χ4v) is 3.75. The van der Waals surface area contributed by atoms with Crippen LogP contribution in [0.2, 0.25) is 5.02 Å². The molecule has 5 aromatic rings. The number of benzene rings is 2. The zero-order chi connectivity index (χ0) is 23.7. The molecule has 0 saturated carbocycles. The first-order valence-corrected chi connectivity index (χ1v) is 11.0. The Labute approximate surface area is 200 Å². The summed E-state index contributed by atoms with van der Waals surface area (Å²) in [4.78, 5) is 21.2. The molecule has 2 aromatic carbocycles. The highest BCUT2D eigenvalue weighted by molar-refractivity contribution is 6.31. The molecule has 0 aliphatic carbocycles. The lowest BCUT2D eigenvalue weighted by molar-refractivity contribution is -0.111. The van der Waals surface area contributed by atoms with Crippen LogP contribution in [0, 0.1) is 13.8 Å². The Morgan fingerprint density at radius 1 is 1.03 bits per heavy atom. The van der Waals surface area contributed by atoms with Crippen molar-refractivity contribution in [2.45, 2.75) is 13.8 Å². The summed E-state index contributed by atoms with van der Waals surface area (Å²) in [5, 5.41) is 3.59. The molecule has 0 bridgehead atoms. The maximum Gasteiger partial charge on any atom is 0.248 e. The SMILES string of the molecule is Cc1ccc(-c2nc3ncccc3o2)cc1NC(=O)/C=C/c1ccc(-c2cccc(Cl)c2C)o1. The molecule has 7 heteroatoms. The molecule has 3 heterocycles. The minimum absolute atomic E-state index is 0.281. The van der Waals surface area contributed by atoms with E-state index in [0.717, 1.165) is 22.3 Å². The van der Waals surface area contributed by atoms with E-state index in [0.29, 0.717) is 39.4 Å². The van der Waals surface area contributed by atoms with Crippen molar-refractivity contribution < 1.29 is 13.6 Å². The first kappa shape index (κ1) is 21.7. The van der Waals surface area contributed by atoms with Crippen molar-refractivity contribution >= 4 is 40.5 Å². The Kier molecular flexibility index (Phi) is 5.74. The topological polar surface area (TPSA) is 81.2 Å². The van der Waals surface area contributed by atoms with Crippen molar-refractivity contribution in [2.75, 3.05) is 5.32 Å². The Balaban J connectivity index is 1.32. The Morgan fingerprint density at radius 2 is 1.91 bits per heavy atom. The zero-order valence-electron chi connectivity index (χ0n) is 18.5. The lowest BCUT2D eigenvalue weighted by Gasteiger charge is -2.07. The third-order valence-corrected chi connectivity index (χ3v) is 5.88. The number of fused-ring (bicyclic) bond motifs is 1. The van der Waals surface area contributed by atoms with Crippen molar-refractivity contribution in [3.05, 3.63) is 94.8 Å². The number of anilines is 1. The maximum atomic E-state index is 12.6. The van der Waals surface area contributed by atoms with E-state index < -0.39 is 0 Å². The van der Waals surface area contributed by atoms with Crippen LogP contribution >= 0.6 is 11.6 Å². The van der Waals surface area contributed by atoms with Gasteiger partial charge < -0.3 is 14.2 Å². The number of nitrogens with one attached hydrogen (secondary N) is 1. The van der Waals surface area contributed by atoms with E-state index in [-0.39, 0.29) is 5.91 Å². The number of halogens is 1. The van der Waals surface area contributed by atoms with Gasteiger partial charge in [-0.05, 0) is 73.5 Å². The quantitative estimate of drug-likeness (QED) is 0.278. The summed E-state index contributed by atoms with van der Waals surface area (Å²) in [6.45, 7) is 3.86. The number of pyridine rings is 1. The lowest BCUT2D eigenvalue weighted by Crippen LogP contribution is -2.09. The molecule has 0 atom stereocenters. The summed E-state index contributed by atoms with van der Waals surface area (Å²) < 4.78 is 11.7. The Morgan fingerprint density at radius 3 is 2.76 bits per heavy atom. The third-order valence-electron chi connectivity index (χ3n) is 5.47. The molecule has 0 spiro atoms. The molecule has 6 nitrogen and oxygen atoms in total. The number of hydrogen-bond donors (Lipinski definition) is 1. The molecule has 5 rings (SSSR count). The van der Waals surface area contributed by atoms with Crippen LogP contribution in [0.3, 0.4) is 0 Å². The second-order valence-corrected chi connectivity index (χ2v) is 8.22. The van der Waals surface area contributed by atoms with E-state index in [9.17, 15) is 4.79 Å². The fraction of sp³-hybridized carbons (Fsp3) is 0.0741. The highest BCUT2D eigenvalue weighted by atomic mass is 35.5. The monoisotopic (exact) mass is 469 g/mol. The molecule has 3 aromatic heterocycles. The predicted octanol–water partition coefficient (Wildman–Crippen LogP) is 7.07. The van der Waals surface area contributed by atoms with E-state index in [1.54, 1.807) is 18.3 Å². The largest absolute Gasteiger partial charge is 0.457 e. The molecule has 34 heavy (non-hydrogen) atoms. The number of carbonyl (C=O) groups is 1. The van der Waals surface area contributed by atoms with Crippen molar-refractivity contribution in [1.82, 2.24) is 9.97 Å². The number of rotatable bonds is 5. The van der Waals surface area contributed by atoms with E-state index in [2.05, 4.69) is 15.3 Å². The summed E-state index contributed by atoms with van der Waals surface area (Å²) in [6, 6.07) is 18.6. The van der Waals surface area contributed by atoms with Gasteiger partial charge in [-0.15, -0.1) is 0 Å². The Bertz CT molecular complexity index is 1520. The molecule has 1 N–H and O–H groups in total. The fourth-order valence-electron chi connectivity index (χ4n) is 3.58. The first-order valence-electron chi connectivity index (χ1n) is 10.6. The van der Waals surface area contributed by atoms with E-state index in [1.165, 1.54) is 6.08 Å². The summed E-state index contributed by atoms with van der Waals surface area (Å²) >= 11 is 6.21. The van der Waals surface area contributed by atoms with Gasteiger partial charge in [0.05, 0.1) is 0 Å². The molecule has 0 unspecified atom stereocenters. The second-order valence-electron chi connectivity index (χ2n) is 7.81. The van der Waals surface area contributed by atoms with Gasteiger partial charge in [0.25, 0.3) is 0 Å². The van der Waals surface area contributed by atoms with E-state index in [1.807, 2.05) is 68.4 Å². The van der Waals surface area contributed by atoms with E-state index in [4.69, 9.17) is 20.4 Å². The molecular weight excluding hydrogens is 450 g/mol. The van der Waals surface area contributed by atoms with Gasteiger partial charge in [0, 0.05) is 34.1 Å². The minimum atomic E-state index is -0.281. The van der Waals surface area contributed by atoms with Gasteiger partial charge in [-0.3, -0.25) is 4.79 Å². The average molecular weight is 470 g/mol. The zero-order valence-corrected chi connectivity index (χ0v) is 19.3. The molecular formula is C27H20ClN3O3. The van der Waals surface area contributed by atoms with Gasteiger partial charge in [-0.2, -0.15) is 4.98 Å². The number of oxazole rings is 1. The number of aromatic nitrogens is 2. The summed E-state index contributed by atoms with van der Waals surface area (Å²) in [7, 11) is 0. The maximum absolute atomic E-state index is 12.6. The van der Waals surface area contributed by atoms with Gasteiger partial charge in [0.15, 0.2) is 11.2 Å². The Hall–Kier alpha value is -4.16. The third kappa shape index (κ3) is 4.36. The first-order chi connectivity index (χ1) is 16.5. The smallest absolute Gasteiger partial charge is 0.248 e. The number of aryl methyl sites for hydroxylation is 1. The standard InChI is InChI=1S/C27H20ClN3O3/c1-16-8-9-18(27-31-26-24(34-27)7-4-14-29-26)15-22(16)30-25(32)13-11-19-10-12-23(33-19)20-5-3-6-21(28)17(20)2/h3-15H,1-2H3,(H,30,32)/b13-11+. The highest BCUT2D eigenvalue weighted by Gasteiger charge is 2.12. The van der Waals surface area contributed by atoms with Gasteiger partial charge >= 0.3 is 0 Å². The van der Waals surface area contributed by atoms with Crippen molar-refractivity contribution in [3.63, 3.8) is 0 Å². The molecule has 0 saturated heterocycles. The van der Waals surface area contributed by atoms with Crippen LogP contribution in [-0.4, -0.2) is 15.9 Å². The summed E-state index contributed by atoms with van der Waals surface area (Å²) in [6.07, 6.45) is 4.73. The van der Waals surface area contributed by atoms with Crippen molar-refractivity contribution in [1.29, 1.82) is 0 Å². The van der Waals surface area contributed by atoms with Gasteiger partial charge in [0.2, 0.25) is 11.8 Å². The minimum Gasteiger partial charge on any atom is -0.457 e. The van der Waals surface area contributed by atoms with Crippen LogP contribution in [0.1, 0.15) is 16.9 Å². The molecule has 0 aliphatic rings. The molecule has 0 radical (unpaired) electrons. The number of hydrogen-bond acceptors (Lipinski definition) is 5. The summed E-state index contributed by atoms with van der Waals surface area (Å²) in [5.74, 6) is 1.42. The van der Waals surface area contributed by atoms with Crippen molar-refractivity contribution in [2.24, 2.45) is 0 Å². The van der Waals surface area contributed by atoms with E-state index >= 15 is 0 Å². The van der Waals surface area contributed by atoms with Crippen LogP contribution in [0.25, 0.3) is 40.1 Å². The number of furan rings is 1. The molecule has 1 amide bonds. The molecule has 0 aliphatic heterocycles. The van der Waals surface area contributed by atoms with Crippen LogP contribution in [0.15, 0.2) is 81.8 Å². The van der Waals surface area contributed by atoms with Crippen molar-refractivity contribution in [3.8, 4) is 22.8 Å². The average Bonchev–Trinajstić information content (AvgIpc) is 3.48. The highest BCUT2D eigenvalue weighted by Crippen LogP contribution is 2.30. The van der Waals surface area contributed by atoms with Gasteiger partial charge in [0.1, 0.15) is 11.5 Å². The normalized spacial score (nSPS) is 11.4. The van der Waals surface area contributed by atoms with Crippen LogP contribution in [0.4, 0.5) is 5.69 Å². The second kappa shape index (κ2) is 9.00. The summed E-state index contributed by atoms with van der Waals surface area (Å²) in [5.41, 5.74) is 5.33.